The van der Waals surface area contributed by atoms with Gasteiger partial charge in [-0.1, -0.05) is 37.4 Å². The summed E-state index contributed by atoms with van der Waals surface area (Å²) in [5.41, 5.74) is 0. The van der Waals surface area contributed by atoms with Crippen LogP contribution in [-0.2, 0) is 28.0 Å². The summed E-state index contributed by atoms with van der Waals surface area (Å²) in [6, 6.07) is 0. The molecule has 0 aromatic carbocycles. The summed E-state index contributed by atoms with van der Waals surface area (Å²) < 4.78 is 25.4. The van der Waals surface area contributed by atoms with Crippen molar-refractivity contribution in [1.82, 2.24) is 0 Å². The van der Waals surface area contributed by atoms with Gasteiger partial charge in [0.2, 0.25) is 0 Å². The number of carbonyl (C=O) groups is 1. The van der Waals surface area contributed by atoms with Crippen molar-refractivity contribution in [2.24, 2.45) is 0 Å². The number of hydrogen-bond acceptors (Lipinski definition) is 6. The third kappa shape index (κ3) is 8.10. The SMILES string of the molecule is C=CC(=O)OOP(=O)(OC)OCCCCCC. The van der Waals surface area contributed by atoms with Crippen LogP contribution in [0.25, 0.3) is 0 Å². The van der Waals surface area contributed by atoms with Gasteiger partial charge >= 0.3 is 13.8 Å². The van der Waals surface area contributed by atoms with E-state index in [1.165, 1.54) is 0 Å². The molecule has 0 radical (unpaired) electrons. The quantitative estimate of drug-likeness (QED) is 0.199. The topological polar surface area (TPSA) is 71.1 Å². The summed E-state index contributed by atoms with van der Waals surface area (Å²) in [4.78, 5) is 14.8. The van der Waals surface area contributed by atoms with Crippen molar-refractivity contribution in [2.45, 2.75) is 32.6 Å². The minimum atomic E-state index is -3.81. The monoisotopic (exact) mass is 266 g/mol. The van der Waals surface area contributed by atoms with E-state index in [0.717, 1.165) is 38.9 Å². The molecule has 0 bridgehead atoms. The van der Waals surface area contributed by atoms with Gasteiger partial charge in [-0.05, 0) is 6.42 Å². The Bertz CT molecular complexity index is 278. The van der Waals surface area contributed by atoms with Gasteiger partial charge in [-0.15, -0.1) is 0 Å². The van der Waals surface area contributed by atoms with E-state index in [9.17, 15) is 9.36 Å². The van der Waals surface area contributed by atoms with Crippen LogP contribution in [-0.4, -0.2) is 19.7 Å². The molecule has 0 rings (SSSR count). The smallest absolute Gasteiger partial charge is 0.288 e. The molecule has 0 amide bonds. The minimum absolute atomic E-state index is 0.219. The summed E-state index contributed by atoms with van der Waals surface area (Å²) in [6.45, 7) is 5.46. The lowest BCUT2D eigenvalue weighted by Crippen LogP contribution is -2.04. The Labute approximate surface area is 101 Å². The highest BCUT2D eigenvalue weighted by Gasteiger charge is 2.27. The molecular formula is C10H19O6P. The fourth-order valence-electron chi connectivity index (χ4n) is 0.926. The maximum absolute atomic E-state index is 11.7. The van der Waals surface area contributed by atoms with E-state index in [1.54, 1.807) is 0 Å². The number of rotatable bonds is 10. The van der Waals surface area contributed by atoms with Crippen molar-refractivity contribution >= 4 is 13.8 Å². The highest BCUT2D eigenvalue weighted by molar-refractivity contribution is 7.48. The zero-order valence-electron chi connectivity index (χ0n) is 10.2. The van der Waals surface area contributed by atoms with E-state index in [4.69, 9.17) is 4.52 Å². The van der Waals surface area contributed by atoms with Crippen molar-refractivity contribution in [1.29, 1.82) is 0 Å². The maximum atomic E-state index is 11.7. The maximum Gasteiger partial charge on any atom is 0.510 e. The second kappa shape index (κ2) is 9.36. The molecule has 0 aliphatic heterocycles. The van der Waals surface area contributed by atoms with Crippen LogP contribution in [0.5, 0.6) is 0 Å². The van der Waals surface area contributed by atoms with Crippen LogP contribution in [0, 0.1) is 0 Å². The molecule has 7 heteroatoms. The minimum Gasteiger partial charge on any atom is -0.288 e. The lowest BCUT2D eigenvalue weighted by atomic mass is 10.2. The highest BCUT2D eigenvalue weighted by Crippen LogP contribution is 2.48. The third-order valence-electron chi connectivity index (χ3n) is 1.85. The van der Waals surface area contributed by atoms with Crippen molar-refractivity contribution in [3.8, 4) is 0 Å². The van der Waals surface area contributed by atoms with E-state index in [1.807, 2.05) is 0 Å². The van der Waals surface area contributed by atoms with E-state index < -0.39 is 13.8 Å². The van der Waals surface area contributed by atoms with E-state index >= 15 is 0 Å². The van der Waals surface area contributed by atoms with Gasteiger partial charge < -0.3 is 0 Å². The Kier molecular flexibility index (Phi) is 8.99. The van der Waals surface area contributed by atoms with Gasteiger partial charge in [0, 0.05) is 13.2 Å². The summed E-state index contributed by atoms with van der Waals surface area (Å²) in [5, 5.41) is 0. The van der Waals surface area contributed by atoms with Crippen LogP contribution in [0.3, 0.4) is 0 Å². The largest absolute Gasteiger partial charge is 0.510 e. The lowest BCUT2D eigenvalue weighted by Gasteiger charge is -2.13. The van der Waals surface area contributed by atoms with Crippen LogP contribution in [0.4, 0.5) is 0 Å². The first kappa shape index (κ1) is 16.3. The molecule has 0 fully saturated rings. The van der Waals surface area contributed by atoms with Crippen LogP contribution in [0.2, 0.25) is 0 Å². The van der Waals surface area contributed by atoms with Gasteiger partial charge in [-0.2, -0.15) is 0 Å². The first-order chi connectivity index (χ1) is 8.08. The van der Waals surface area contributed by atoms with E-state index in [0.29, 0.717) is 0 Å². The second-order valence-electron chi connectivity index (χ2n) is 3.20. The Hall–Kier alpha value is -0.680. The predicted molar refractivity (Wildman–Crippen MR) is 62.1 cm³/mol. The first-order valence-electron chi connectivity index (χ1n) is 5.41. The Balaban J connectivity index is 3.89. The first-order valence-corrected chi connectivity index (χ1v) is 6.87. The van der Waals surface area contributed by atoms with Crippen LogP contribution < -0.4 is 0 Å². The molecule has 0 heterocycles. The van der Waals surface area contributed by atoms with Gasteiger partial charge in [0.05, 0.1) is 6.61 Å². The molecule has 0 aromatic heterocycles. The molecule has 0 saturated heterocycles. The zero-order chi connectivity index (χ0) is 13.1. The Morgan fingerprint density at radius 1 is 1.35 bits per heavy atom. The summed E-state index contributed by atoms with van der Waals surface area (Å²) in [6.07, 6.45) is 4.75. The number of carbonyl (C=O) groups excluding carboxylic acids is 1. The summed E-state index contributed by atoms with van der Waals surface area (Å²) >= 11 is 0. The van der Waals surface area contributed by atoms with Gasteiger partial charge in [-0.3, -0.25) is 13.9 Å². The predicted octanol–water partition coefficient (Wildman–Crippen LogP) is 3.00. The van der Waals surface area contributed by atoms with Crippen molar-refractivity contribution in [2.75, 3.05) is 13.7 Å². The Morgan fingerprint density at radius 3 is 2.59 bits per heavy atom. The summed E-state index contributed by atoms with van der Waals surface area (Å²) in [7, 11) is -2.66. The van der Waals surface area contributed by atoms with Crippen LogP contribution in [0.1, 0.15) is 32.6 Å². The third-order valence-corrected chi connectivity index (χ3v) is 3.05. The molecule has 0 N–H and O–H groups in total. The molecule has 1 atom stereocenters. The average molecular weight is 266 g/mol. The molecule has 17 heavy (non-hydrogen) atoms. The molecule has 0 spiro atoms. The van der Waals surface area contributed by atoms with Gasteiger partial charge in [0.1, 0.15) is 0 Å². The Morgan fingerprint density at radius 2 is 2.06 bits per heavy atom. The van der Waals surface area contributed by atoms with Crippen molar-refractivity contribution in [3.05, 3.63) is 12.7 Å². The molecular weight excluding hydrogens is 247 g/mol. The number of phosphoric acid groups is 1. The van der Waals surface area contributed by atoms with Gasteiger partial charge in [0.25, 0.3) is 0 Å². The fraction of sp³-hybridized carbons (Fsp3) is 0.700. The van der Waals surface area contributed by atoms with Crippen molar-refractivity contribution < 1.29 is 28.0 Å². The molecule has 0 aliphatic rings. The van der Waals surface area contributed by atoms with E-state index in [2.05, 4.69) is 27.6 Å². The fourth-order valence-corrected chi connectivity index (χ4v) is 1.65. The molecule has 6 nitrogen and oxygen atoms in total. The van der Waals surface area contributed by atoms with Crippen LogP contribution >= 0.6 is 7.82 Å². The van der Waals surface area contributed by atoms with Gasteiger partial charge in [-0.25, -0.2) is 9.36 Å². The molecule has 0 aromatic rings. The second-order valence-corrected chi connectivity index (χ2v) is 4.87. The zero-order valence-corrected chi connectivity index (χ0v) is 11.1. The lowest BCUT2D eigenvalue weighted by molar-refractivity contribution is -0.218. The number of phosphoric ester groups is 1. The average Bonchev–Trinajstić information content (AvgIpc) is 2.35. The standard InChI is InChI=1S/C10H19O6P/c1-4-6-7-8-9-14-17(12,13-3)16-15-10(11)5-2/h5H,2,4,6-9H2,1,3H3. The highest BCUT2D eigenvalue weighted by atomic mass is 31.2. The molecule has 0 saturated carbocycles. The molecule has 1 unspecified atom stereocenters. The molecule has 0 aliphatic carbocycles. The van der Waals surface area contributed by atoms with E-state index in [-0.39, 0.29) is 6.61 Å². The van der Waals surface area contributed by atoms with Crippen LogP contribution in [0.15, 0.2) is 12.7 Å². The van der Waals surface area contributed by atoms with Gasteiger partial charge in [0.15, 0.2) is 0 Å². The molecule has 100 valence electrons. The van der Waals surface area contributed by atoms with Crippen molar-refractivity contribution in [3.63, 3.8) is 0 Å². The number of unbranched alkanes of at least 4 members (excludes halogenated alkanes) is 3. The number of hydrogen-bond donors (Lipinski definition) is 0. The summed E-state index contributed by atoms with van der Waals surface area (Å²) in [5.74, 6) is -0.864. The normalized spacial score (nSPS) is 14.0.